The second-order valence-electron chi connectivity index (χ2n) is 7.32. The summed E-state index contributed by atoms with van der Waals surface area (Å²) in [5.74, 6) is -3.11. The summed E-state index contributed by atoms with van der Waals surface area (Å²) in [6, 6.07) is -2.58. The highest BCUT2D eigenvalue weighted by Gasteiger charge is 2.29. The fourth-order valence-corrected chi connectivity index (χ4v) is 2.45. The Bertz CT molecular complexity index is 526. The van der Waals surface area contributed by atoms with Crippen LogP contribution in [0.1, 0.15) is 59.3 Å². The number of aliphatic carboxylic acids is 2. The fraction of sp³-hybridized carbons (Fsp3) is 0.789. The van der Waals surface area contributed by atoms with E-state index in [4.69, 9.17) is 27.1 Å². The molecule has 0 aliphatic heterocycles. The van der Waals surface area contributed by atoms with Gasteiger partial charge in [0.15, 0.2) is 0 Å². The van der Waals surface area contributed by atoms with Gasteiger partial charge in [-0.05, 0) is 51.1 Å². The van der Waals surface area contributed by atoms with E-state index < -0.39 is 41.9 Å². The van der Waals surface area contributed by atoms with Gasteiger partial charge in [0.2, 0.25) is 11.8 Å². The molecule has 0 bridgehead atoms. The largest absolute Gasteiger partial charge is 0.481 e. The minimum Gasteiger partial charge on any atom is -0.481 e. The fourth-order valence-electron chi connectivity index (χ4n) is 2.45. The number of carbonyl (C=O) groups excluding carboxylic acids is 2. The monoisotopic (exact) mass is 433 g/mol. The molecular formula is C19H39N5O6. The predicted molar refractivity (Wildman–Crippen MR) is 113 cm³/mol. The number of hydrogen-bond donors (Lipinski definition) is 7. The summed E-state index contributed by atoms with van der Waals surface area (Å²) in [6.45, 7) is 5.63. The highest BCUT2D eigenvalue weighted by atomic mass is 16.4. The molecule has 0 fully saturated rings. The van der Waals surface area contributed by atoms with E-state index in [1.54, 1.807) is 13.8 Å². The van der Waals surface area contributed by atoms with Gasteiger partial charge in [-0.15, -0.1) is 0 Å². The molecular weight excluding hydrogens is 394 g/mol. The quantitative estimate of drug-likeness (QED) is 0.174. The van der Waals surface area contributed by atoms with Gasteiger partial charge in [0.25, 0.3) is 5.97 Å². The molecule has 30 heavy (non-hydrogen) atoms. The molecule has 3 unspecified atom stereocenters. The van der Waals surface area contributed by atoms with Gasteiger partial charge in [-0.25, -0.2) is 4.79 Å². The van der Waals surface area contributed by atoms with Gasteiger partial charge in [0.05, 0.1) is 6.04 Å². The minimum atomic E-state index is -1.11. The van der Waals surface area contributed by atoms with Crippen LogP contribution in [0.25, 0.3) is 0 Å². The zero-order chi connectivity index (χ0) is 23.7. The Balaban J connectivity index is 0. The summed E-state index contributed by atoms with van der Waals surface area (Å²) in [5, 5.41) is 21.8. The first-order valence-electron chi connectivity index (χ1n) is 10.2. The maximum atomic E-state index is 12.5. The van der Waals surface area contributed by atoms with E-state index in [1.807, 2.05) is 0 Å². The van der Waals surface area contributed by atoms with Crippen molar-refractivity contribution in [2.75, 3.05) is 13.1 Å². The van der Waals surface area contributed by atoms with Crippen molar-refractivity contribution < 1.29 is 29.4 Å². The number of carboxylic acid groups (broad SMARTS) is 2. The van der Waals surface area contributed by atoms with Gasteiger partial charge in [0.1, 0.15) is 12.1 Å². The normalized spacial score (nSPS) is 13.4. The molecule has 176 valence electrons. The third kappa shape index (κ3) is 15.7. The molecule has 0 aromatic carbocycles. The highest BCUT2D eigenvalue weighted by molar-refractivity contribution is 5.91. The molecule has 0 radical (unpaired) electrons. The van der Waals surface area contributed by atoms with E-state index in [0.717, 1.165) is 19.8 Å². The summed E-state index contributed by atoms with van der Waals surface area (Å²) >= 11 is 0. The molecule has 0 aliphatic rings. The van der Waals surface area contributed by atoms with E-state index in [-0.39, 0.29) is 12.3 Å². The van der Waals surface area contributed by atoms with Crippen LogP contribution >= 0.6 is 0 Å². The summed E-state index contributed by atoms with van der Waals surface area (Å²) in [6.07, 6.45) is 3.55. The summed E-state index contributed by atoms with van der Waals surface area (Å²) in [4.78, 5) is 45.0. The summed E-state index contributed by atoms with van der Waals surface area (Å²) in [5.41, 5.74) is 16.7. The zero-order valence-corrected chi connectivity index (χ0v) is 18.2. The predicted octanol–water partition coefficient (Wildman–Crippen LogP) is -0.627. The Morgan fingerprint density at radius 1 is 0.833 bits per heavy atom. The van der Waals surface area contributed by atoms with Crippen molar-refractivity contribution in [1.82, 2.24) is 10.6 Å². The SMILES string of the molecule is CC(=O)O.CC(C)C(NC(=O)C(N)CCCCN)C(=O)NC(CCCCN)C(=O)O. The van der Waals surface area contributed by atoms with Gasteiger partial charge >= 0.3 is 5.97 Å². The van der Waals surface area contributed by atoms with Crippen LogP contribution in [0.5, 0.6) is 0 Å². The van der Waals surface area contributed by atoms with Crippen molar-refractivity contribution in [1.29, 1.82) is 0 Å². The van der Waals surface area contributed by atoms with Crippen molar-refractivity contribution in [3.63, 3.8) is 0 Å². The molecule has 0 spiro atoms. The van der Waals surface area contributed by atoms with Crippen molar-refractivity contribution >= 4 is 23.8 Å². The number of unbranched alkanes of at least 4 members (excludes halogenated alkanes) is 2. The molecule has 0 aromatic rings. The van der Waals surface area contributed by atoms with Crippen molar-refractivity contribution in [2.24, 2.45) is 23.1 Å². The Morgan fingerprint density at radius 2 is 1.30 bits per heavy atom. The van der Waals surface area contributed by atoms with E-state index in [2.05, 4.69) is 10.6 Å². The molecule has 0 rings (SSSR count). The van der Waals surface area contributed by atoms with E-state index in [0.29, 0.717) is 32.4 Å². The molecule has 2 amide bonds. The van der Waals surface area contributed by atoms with Gasteiger partial charge in [-0.3, -0.25) is 14.4 Å². The lowest BCUT2D eigenvalue weighted by molar-refractivity contribution is -0.142. The lowest BCUT2D eigenvalue weighted by Gasteiger charge is -2.25. The number of carboxylic acids is 2. The van der Waals surface area contributed by atoms with Crippen molar-refractivity contribution in [3.8, 4) is 0 Å². The number of carbonyl (C=O) groups is 4. The van der Waals surface area contributed by atoms with Crippen LogP contribution in [0.2, 0.25) is 0 Å². The first-order valence-corrected chi connectivity index (χ1v) is 10.2. The molecule has 3 atom stereocenters. The van der Waals surface area contributed by atoms with Crippen molar-refractivity contribution in [2.45, 2.75) is 77.4 Å². The molecule has 0 aromatic heterocycles. The second kappa shape index (κ2) is 17.6. The first kappa shape index (κ1) is 30.0. The van der Waals surface area contributed by atoms with Crippen LogP contribution in [0.3, 0.4) is 0 Å². The standard InChI is InChI=1S/C17H35N5O4.C2H4O2/c1-11(2)14(22-15(23)12(20)7-3-5-9-18)16(24)21-13(17(25)26)8-4-6-10-19;1-2(3)4/h11-14H,3-10,18-20H2,1-2H3,(H,21,24)(H,22,23)(H,25,26);1H3,(H,3,4). The first-order chi connectivity index (χ1) is 14.0. The van der Waals surface area contributed by atoms with Gasteiger partial charge in [-0.2, -0.15) is 0 Å². The number of nitrogens with one attached hydrogen (secondary N) is 2. The van der Waals surface area contributed by atoms with E-state index >= 15 is 0 Å². The molecule has 11 heteroatoms. The number of nitrogens with two attached hydrogens (primary N) is 3. The van der Waals surface area contributed by atoms with Crippen LogP contribution in [0.15, 0.2) is 0 Å². The lowest BCUT2D eigenvalue weighted by Crippen LogP contribution is -2.56. The summed E-state index contributed by atoms with van der Waals surface area (Å²) in [7, 11) is 0. The van der Waals surface area contributed by atoms with Crippen LogP contribution in [-0.4, -0.2) is 65.2 Å². The van der Waals surface area contributed by atoms with E-state index in [9.17, 15) is 19.5 Å². The summed E-state index contributed by atoms with van der Waals surface area (Å²) < 4.78 is 0. The molecule has 0 aliphatic carbocycles. The Hall–Kier alpha value is -2.24. The highest BCUT2D eigenvalue weighted by Crippen LogP contribution is 2.07. The van der Waals surface area contributed by atoms with Crippen LogP contribution in [0.4, 0.5) is 0 Å². The van der Waals surface area contributed by atoms with Crippen LogP contribution in [-0.2, 0) is 19.2 Å². The molecule has 0 saturated heterocycles. The molecule has 11 nitrogen and oxygen atoms in total. The van der Waals surface area contributed by atoms with Crippen molar-refractivity contribution in [3.05, 3.63) is 0 Å². The third-order valence-corrected chi connectivity index (χ3v) is 4.11. The van der Waals surface area contributed by atoms with Gasteiger partial charge in [0, 0.05) is 6.92 Å². The zero-order valence-electron chi connectivity index (χ0n) is 18.2. The Labute approximate surface area is 178 Å². The van der Waals surface area contributed by atoms with Gasteiger partial charge in [-0.1, -0.05) is 20.3 Å². The Kier molecular flexibility index (Phi) is 17.6. The maximum Gasteiger partial charge on any atom is 0.326 e. The average Bonchev–Trinajstić information content (AvgIpc) is 2.64. The smallest absolute Gasteiger partial charge is 0.326 e. The Morgan fingerprint density at radius 3 is 1.70 bits per heavy atom. The molecule has 0 heterocycles. The maximum absolute atomic E-state index is 12.5. The molecule has 0 saturated carbocycles. The third-order valence-electron chi connectivity index (χ3n) is 4.11. The average molecular weight is 434 g/mol. The van der Waals surface area contributed by atoms with Crippen LogP contribution < -0.4 is 27.8 Å². The molecule has 10 N–H and O–H groups in total. The number of hydrogen-bond acceptors (Lipinski definition) is 7. The van der Waals surface area contributed by atoms with Crippen LogP contribution in [0, 0.1) is 5.92 Å². The topological polar surface area (TPSA) is 211 Å². The lowest BCUT2D eigenvalue weighted by atomic mass is 10.0. The minimum absolute atomic E-state index is 0.214. The van der Waals surface area contributed by atoms with E-state index in [1.165, 1.54) is 0 Å². The second-order valence-corrected chi connectivity index (χ2v) is 7.32. The number of rotatable bonds is 14. The number of amides is 2. The van der Waals surface area contributed by atoms with Gasteiger partial charge < -0.3 is 38.0 Å².